The molecule has 26 heavy (non-hydrogen) atoms. The molecule has 0 bridgehead atoms. The molecule has 0 aliphatic carbocycles. The van der Waals surface area contributed by atoms with Crippen LogP contribution in [0.2, 0.25) is 0 Å². The number of nitrogens with zero attached hydrogens (tertiary/aromatic N) is 3. The van der Waals surface area contributed by atoms with E-state index in [1.54, 1.807) is 23.0 Å². The van der Waals surface area contributed by atoms with Crippen LogP contribution in [0.1, 0.15) is 16.1 Å². The number of rotatable bonds is 5. The third-order valence-corrected chi connectivity index (χ3v) is 4.24. The lowest BCUT2D eigenvalue weighted by Crippen LogP contribution is -2.27. The second-order valence-electron chi connectivity index (χ2n) is 5.96. The van der Waals surface area contributed by atoms with E-state index in [1.807, 2.05) is 48.5 Å². The Morgan fingerprint density at radius 1 is 0.923 bits per heavy atom. The van der Waals surface area contributed by atoms with Crippen molar-refractivity contribution in [3.05, 3.63) is 90.4 Å². The molecular formula is C21H18N4O. The zero-order valence-electron chi connectivity index (χ0n) is 14.2. The molecule has 0 aliphatic rings. The number of carbonyl (C=O) groups is 1. The number of aromatic nitrogens is 3. The first kappa shape index (κ1) is 16.0. The monoisotopic (exact) mass is 342 g/mol. The summed E-state index contributed by atoms with van der Waals surface area (Å²) >= 11 is 0. The van der Waals surface area contributed by atoms with Gasteiger partial charge in [-0.3, -0.25) is 9.36 Å². The lowest BCUT2D eigenvalue weighted by molar-refractivity contribution is 0.0947. The summed E-state index contributed by atoms with van der Waals surface area (Å²) in [5.74, 6) is 0.353. The summed E-state index contributed by atoms with van der Waals surface area (Å²) in [6.07, 6.45) is 4.14. The van der Waals surface area contributed by atoms with Gasteiger partial charge in [0.25, 0.3) is 5.91 Å². The molecule has 0 saturated heterocycles. The Labute approximate surface area is 151 Å². The number of hydrogen-bond donors (Lipinski definition) is 1. The van der Waals surface area contributed by atoms with Gasteiger partial charge in [-0.1, -0.05) is 48.5 Å². The molecule has 4 rings (SSSR count). The Kier molecular flexibility index (Phi) is 4.43. The van der Waals surface area contributed by atoms with Crippen molar-refractivity contribution in [2.75, 3.05) is 6.54 Å². The van der Waals surface area contributed by atoms with E-state index in [2.05, 4.69) is 27.4 Å². The van der Waals surface area contributed by atoms with Gasteiger partial charge in [0.15, 0.2) is 0 Å². The van der Waals surface area contributed by atoms with Crippen LogP contribution in [0.25, 0.3) is 16.9 Å². The summed E-state index contributed by atoms with van der Waals surface area (Å²) in [6.45, 7) is 0.569. The summed E-state index contributed by atoms with van der Waals surface area (Å²) in [7, 11) is 0. The summed E-state index contributed by atoms with van der Waals surface area (Å²) in [5.41, 5.74) is 2.64. The highest BCUT2D eigenvalue weighted by atomic mass is 16.1. The Morgan fingerprint density at radius 3 is 2.46 bits per heavy atom. The topological polar surface area (TPSA) is 59.8 Å². The molecule has 0 atom stereocenters. The maximum atomic E-state index is 12.8. The first-order chi connectivity index (χ1) is 12.8. The van der Waals surface area contributed by atoms with Crippen LogP contribution in [-0.4, -0.2) is 27.0 Å². The SMILES string of the molecule is O=C(NCCc1ccccc1)c1cc2ccccc2n1-c1ncccn1. The zero-order valence-corrected chi connectivity index (χ0v) is 14.2. The summed E-state index contributed by atoms with van der Waals surface area (Å²) in [4.78, 5) is 21.4. The van der Waals surface area contributed by atoms with Gasteiger partial charge in [-0.15, -0.1) is 0 Å². The molecule has 2 heterocycles. The smallest absolute Gasteiger partial charge is 0.268 e. The van der Waals surface area contributed by atoms with Crippen molar-refractivity contribution in [3.8, 4) is 5.95 Å². The predicted octanol–water partition coefficient (Wildman–Crippen LogP) is 3.39. The predicted molar refractivity (Wildman–Crippen MR) is 101 cm³/mol. The van der Waals surface area contributed by atoms with Gasteiger partial charge in [0.1, 0.15) is 5.69 Å². The molecule has 0 radical (unpaired) electrons. The summed E-state index contributed by atoms with van der Waals surface area (Å²) < 4.78 is 1.80. The minimum Gasteiger partial charge on any atom is -0.350 e. The third kappa shape index (κ3) is 3.19. The van der Waals surface area contributed by atoms with Gasteiger partial charge in [0, 0.05) is 24.3 Å². The number of fused-ring (bicyclic) bond motifs is 1. The number of benzene rings is 2. The fourth-order valence-electron chi connectivity index (χ4n) is 3.00. The van der Waals surface area contributed by atoms with E-state index in [9.17, 15) is 4.79 Å². The Hall–Kier alpha value is -3.47. The van der Waals surface area contributed by atoms with Crippen LogP contribution < -0.4 is 5.32 Å². The molecule has 5 nitrogen and oxygen atoms in total. The van der Waals surface area contributed by atoms with E-state index in [4.69, 9.17) is 0 Å². The Morgan fingerprint density at radius 2 is 1.65 bits per heavy atom. The maximum absolute atomic E-state index is 12.8. The minimum absolute atomic E-state index is 0.135. The van der Waals surface area contributed by atoms with E-state index in [1.165, 1.54) is 5.56 Å². The highest BCUT2D eigenvalue weighted by Gasteiger charge is 2.17. The van der Waals surface area contributed by atoms with Gasteiger partial charge in [-0.25, -0.2) is 9.97 Å². The van der Waals surface area contributed by atoms with Crippen molar-refractivity contribution in [1.82, 2.24) is 19.9 Å². The molecule has 0 unspecified atom stereocenters. The average molecular weight is 342 g/mol. The molecule has 0 spiro atoms. The summed E-state index contributed by atoms with van der Waals surface area (Å²) in [5, 5.41) is 3.98. The standard InChI is InChI=1S/C21H18N4O/c26-20(22-14-11-16-7-2-1-3-8-16)19-15-17-9-4-5-10-18(17)25(19)21-23-12-6-13-24-21/h1-10,12-13,15H,11,14H2,(H,22,26). The van der Waals surface area contributed by atoms with Crippen molar-refractivity contribution in [1.29, 1.82) is 0 Å². The Bertz CT molecular complexity index is 1030. The summed E-state index contributed by atoms with van der Waals surface area (Å²) in [6, 6.07) is 21.6. The number of carbonyl (C=O) groups excluding carboxylic acids is 1. The number of amides is 1. The molecule has 1 N–H and O–H groups in total. The number of nitrogens with one attached hydrogen (secondary N) is 1. The van der Waals surface area contributed by atoms with Gasteiger partial charge in [0.05, 0.1) is 5.52 Å². The van der Waals surface area contributed by atoms with Gasteiger partial charge < -0.3 is 5.32 Å². The van der Waals surface area contributed by atoms with Crippen LogP contribution in [0, 0.1) is 0 Å². The van der Waals surface area contributed by atoms with Crippen molar-refractivity contribution < 1.29 is 4.79 Å². The first-order valence-corrected chi connectivity index (χ1v) is 8.53. The quantitative estimate of drug-likeness (QED) is 0.605. The molecule has 4 aromatic rings. The fourth-order valence-corrected chi connectivity index (χ4v) is 3.00. The third-order valence-electron chi connectivity index (χ3n) is 4.24. The molecule has 1 amide bonds. The van der Waals surface area contributed by atoms with Crippen LogP contribution in [0.4, 0.5) is 0 Å². The second-order valence-corrected chi connectivity index (χ2v) is 5.96. The lowest BCUT2D eigenvalue weighted by Gasteiger charge is -2.09. The maximum Gasteiger partial charge on any atom is 0.268 e. The number of hydrogen-bond acceptors (Lipinski definition) is 3. The lowest BCUT2D eigenvalue weighted by atomic mass is 10.1. The van der Waals surface area contributed by atoms with Crippen molar-refractivity contribution in [2.24, 2.45) is 0 Å². The average Bonchev–Trinajstić information content (AvgIpc) is 3.09. The van der Waals surface area contributed by atoms with Crippen molar-refractivity contribution in [3.63, 3.8) is 0 Å². The molecule has 2 aromatic heterocycles. The largest absolute Gasteiger partial charge is 0.350 e. The van der Waals surface area contributed by atoms with Gasteiger partial charge in [-0.2, -0.15) is 0 Å². The van der Waals surface area contributed by atoms with E-state index in [0.717, 1.165) is 17.3 Å². The first-order valence-electron chi connectivity index (χ1n) is 8.53. The van der Waals surface area contributed by atoms with E-state index in [-0.39, 0.29) is 5.91 Å². The van der Waals surface area contributed by atoms with Crippen LogP contribution in [0.15, 0.2) is 79.1 Å². The van der Waals surface area contributed by atoms with Crippen LogP contribution in [-0.2, 0) is 6.42 Å². The zero-order chi connectivity index (χ0) is 17.8. The molecule has 128 valence electrons. The van der Waals surface area contributed by atoms with Crippen LogP contribution >= 0.6 is 0 Å². The highest BCUT2D eigenvalue weighted by Crippen LogP contribution is 2.22. The highest BCUT2D eigenvalue weighted by molar-refractivity contribution is 5.99. The van der Waals surface area contributed by atoms with Crippen LogP contribution in [0.3, 0.4) is 0 Å². The molecule has 0 aliphatic heterocycles. The van der Waals surface area contributed by atoms with Gasteiger partial charge in [0.2, 0.25) is 5.95 Å². The number of para-hydroxylation sites is 1. The van der Waals surface area contributed by atoms with Crippen molar-refractivity contribution in [2.45, 2.75) is 6.42 Å². The van der Waals surface area contributed by atoms with Gasteiger partial charge in [-0.05, 0) is 30.2 Å². The minimum atomic E-state index is -0.135. The van der Waals surface area contributed by atoms with Gasteiger partial charge >= 0.3 is 0 Å². The molecular weight excluding hydrogens is 324 g/mol. The second kappa shape index (κ2) is 7.19. The molecule has 5 heteroatoms. The molecule has 0 fully saturated rings. The normalized spacial score (nSPS) is 10.8. The van der Waals surface area contributed by atoms with Crippen molar-refractivity contribution >= 4 is 16.8 Å². The van der Waals surface area contributed by atoms with E-state index >= 15 is 0 Å². The molecule has 0 saturated carbocycles. The van der Waals surface area contributed by atoms with E-state index in [0.29, 0.717) is 18.2 Å². The Balaban J connectivity index is 1.62. The molecule has 2 aromatic carbocycles. The van der Waals surface area contributed by atoms with Crippen LogP contribution in [0.5, 0.6) is 0 Å². The fraction of sp³-hybridized carbons (Fsp3) is 0.0952. The van der Waals surface area contributed by atoms with E-state index < -0.39 is 0 Å².